The number of aromatic carboxylic acids is 1. The van der Waals surface area contributed by atoms with Crippen molar-refractivity contribution in [3.8, 4) is 0 Å². The molecular formula is C5H6N3O2S. The van der Waals surface area contributed by atoms with Crippen LogP contribution in [0, 0.1) is 0 Å². The van der Waals surface area contributed by atoms with Crippen LogP contribution in [-0.2, 0) is 7.05 Å². The third-order valence-electron chi connectivity index (χ3n) is 1.30. The molecule has 11 heavy (non-hydrogen) atoms. The summed E-state index contributed by atoms with van der Waals surface area (Å²) in [7, 11) is 1.57. The molecule has 6 heteroatoms. The highest BCUT2D eigenvalue weighted by molar-refractivity contribution is 7.80. The zero-order valence-electron chi connectivity index (χ0n) is 5.74. The van der Waals surface area contributed by atoms with E-state index in [9.17, 15) is 4.79 Å². The van der Waals surface area contributed by atoms with Crippen molar-refractivity contribution in [3.05, 3.63) is 5.69 Å². The predicted octanol–water partition coefficient (Wildman–Crippen LogP) is 0.257. The maximum absolute atomic E-state index is 10.4. The number of rotatable bonds is 1. The number of carbonyl (C=O) groups is 1. The summed E-state index contributed by atoms with van der Waals surface area (Å²) in [4.78, 5) is 13.9. The molecule has 0 bridgehead atoms. The van der Waals surface area contributed by atoms with E-state index in [0.717, 1.165) is 0 Å². The lowest BCUT2D eigenvalue weighted by molar-refractivity contribution is 0.0692. The normalized spacial score (nSPS) is 9.91. The van der Waals surface area contributed by atoms with Gasteiger partial charge in [0.1, 0.15) is 5.82 Å². The molecule has 1 radical (unpaired) electrons. The third-order valence-corrected chi connectivity index (χ3v) is 1.67. The Kier molecular flexibility index (Phi) is 1.69. The van der Waals surface area contributed by atoms with Crippen molar-refractivity contribution in [2.45, 2.75) is 5.16 Å². The fraction of sp³-hybridized carbons (Fsp3) is 0.200. The van der Waals surface area contributed by atoms with E-state index in [0.29, 0.717) is 0 Å². The van der Waals surface area contributed by atoms with Gasteiger partial charge in [0.2, 0.25) is 5.16 Å². The monoisotopic (exact) mass is 172 g/mol. The topological polar surface area (TPSA) is 81.1 Å². The summed E-state index contributed by atoms with van der Waals surface area (Å²) in [6.07, 6.45) is 0. The van der Waals surface area contributed by atoms with E-state index in [1.165, 1.54) is 4.57 Å². The Balaban J connectivity index is 3.29. The summed E-state index contributed by atoms with van der Waals surface area (Å²) in [5.41, 5.74) is 5.17. The van der Waals surface area contributed by atoms with E-state index in [1.807, 2.05) is 0 Å². The Labute approximate surface area is 68.3 Å². The molecule has 0 aliphatic carbocycles. The van der Waals surface area contributed by atoms with Crippen LogP contribution in [0.5, 0.6) is 0 Å². The minimum atomic E-state index is -1.16. The van der Waals surface area contributed by atoms with Crippen molar-refractivity contribution in [2.75, 3.05) is 5.73 Å². The lowest BCUT2D eigenvalue weighted by atomic mass is 10.4. The van der Waals surface area contributed by atoms with Crippen LogP contribution in [0.2, 0.25) is 0 Å². The summed E-state index contributed by atoms with van der Waals surface area (Å²) >= 11 is 4.69. The summed E-state index contributed by atoms with van der Waals surface area (Å²) in [5, 5.41) is 8.68. The zero-order valence-corrected chi connectivity index (χ0v) is 6.55. The number of hydrogen-bond donors (Lipinski definition) is 2. The van der Waals surface area contributed by atoms with Crippen molar-refractivity contribution >= 4 is 24.4 Å². The fourth-order valence-electron chi connectivity index (χ4n) is 0.647. The van der Waals surface area contributed by atoms with Crippen molar-refractivity contribution < 1.29 is 9.90 Å². The number of hydrogen-bond acceptors (Lipinski definition) is 3. The van der Waals surface area contributed by atoms with Gasteiger partial charge in [0.25, 0.3) is 0 Å². The summed E-state index contributed by atoms with van der Waals surface area (Å²) in [5.74, 6) is -1.07. The Bertz CT molecular complexity index is 307. The molecule has 0 atom stereocenters. The van der Waals surface area contributed by atoms with Crippen LogP contribution in [-0.4, -0.2) is 20.6 Å². The van der Waals surface area contributed by atoms with Gasteiger partial charge in [0.05, 0.1) is 0 Å². The van der Waals surface area contributed by atoms with E-state index in [-0.39, 0.29) is 16.7 Å². The molecule has 0 fully saturated rings. The zero-order chi connectivity index (χ0) is 8.59. The first-order valence-corrected chi connectivity index (χ1v) is 3.17. The minimum Gasteiger partial charge on any atom is -0.476 e. The lowest BCUT2D eigenvalue weighted by Crippen LogP contribution is -2.03. The standard InChI is InChI=1S/C5H6N3O2S/c1-8-3(6)2(4(9)10)7-5(8)11/h6H2,1H3,(H,9,10). The van der Waals surface area contributed by atoms with Gasteiger partial charge in [-0.15, -0.1) is 0 Å². The van der Waals surface area contributed by atoms with Gasteiger partial charge >= 0.3 is 5.97 Å². The summed E-state index contributed by atoms with van der Waals surface area (Å²) < 4.78 is 1.35. The Morgan fingerprint density at radius 3 is 2.55 bits per heavy atom. The van der Waals surface area contributed by atoms with E-state index in [1.54, 1.807) is 7.05 Å². The Hall–Kier alpha value is -1.30. The first-order valence-electron chi connectivity index (χ1n) is 2.76. The third kappa shape index (κ3) is 1.12. The minimum absolute atomic E-state index is 0.0856. The van der Waals surface area contributed by atoms with E-state index >= 15 is 0 Å². The second kappa shape index (κ2) is 2.39. The highest BCUT2D eigenvalue weighted by Crippen LogP contribution is 2.14. The molecule has 0 unspecified atom stereocenters. The molecule has 0 aromatic carbocycles. The molecule has 1 heterocycles. The van der Waals surface area contributed by atoms with Gasteiger partial charge in [-0.05, 0) is 12.6 Å². The van der Waals surface area contributed by atoms with Crippen molar-refractivity contribution in [1.29, 1.82) is 0 Å². The van der Waals surface area contributed by atoms with Crippen molar-refractivity contribution in [2.24, 2.45) is 7.05 Å². The molecule has 1 rings (SSSR count). The number of nitrogens with zero attached hydrogens (tertiary/aromatic N) is 2. The van der Waals surface area contributed by atoms with Crippen molar-refractivity contribution in [1.82, 2.24) is 9.55 Å². The molecule has 0 aliphatic rings. The van der Waals surface area contributed by atoms with Gasteiger partial charge in [-0.25, -0.2) is 9.78 Å². The van der Waals surface area contributed by atoms with Gasteiger partial charge in [-0.3, -0.25) is 0 Å². The average Bonchev–Trinajstić information content (AvgIpc) is 2.17. The SMILES string of the molecule is Cn1c([S])nc(C(=O)O)c1N. The van der Waals surface area contributed by atoms with Gasteiger partial charge in [0.15, 0.2) is 5.69 Å². The van der Waals surface area contributed by atoms with Crippen LogP contribution in [0.3, 0.4) is 0 Å². The van der Waals surface area contributed by atoms with Crippen molar-refractivity contribution in [3.63, 3.8) is 0 Å². The fourth-order valence-corrected chi connectivity index (χ4v) is 0.837. The van der Waals surface area contributed by atoms with Gasteiger partial charge in [-0.1, -0.05) is 0 Å². The van der Waals surface area contributed by atoms with E-state index in [2.05, 4.69) is 17.6 Å². The highest BCUT2D eigenvalue weighted by Gasteiger charge is 2.15. The van der Waals surface area contributed by atoms with Gasteiger partial charge in [-0.2, -0.15) is 0 Å². The molecule has 3 N–H and O–H groups in total. The molecule has 1 aromatic heterocycles. The van der Waals surface area contributed by atoms with E-state index < -0.39 is 5.97 Å². The molecule has 0 saturated carbocycles. The number of nitrogens with two attached hydrogens (primary N) is 1. The maximum Gasteiger partial charge on any atom is 0.358 e. The average molecular weight is 172 g/mol. The Morgan fingerprint density at radius 1 is 1.82 bits per heavy atom. The molecule has 59 valence electrons. The second-order valence-electron chi connectivity index (χ2n) is 1.99. The number of anilines is 1. The molecule has 0 amide bonds. The van der Waals surface area contributed by atoms with Crippen LogP contribution in [0.4, 0.5) is 5.82 Å². The van der Waals surface area contributed by atoms with Crippen LogP contribution >= 0.6 is 12.6 Å². The number of carboxylic acids is 1. The number of imidazole rings is 1. The van der Waals surface area contributed by atoms with Gasteiger partial charge < -0.3 is 15.4 Å². The lowest BCUT2D eigenvalue weighted by Gasteiger charge is -1.94. The highest BCUT2D eigenvalue weighted by atomic mass is 32.1. The quantitative estimate of drug-likeness (QED) is 0.636. The van der Waals surface area contributed by atoms with Crippen LogP contribution in [0.25, 0.3) is 0 Å². The van der Waals surface area contributed by atoms with Crippen LogP contribution in [0.15, 0.2) is 5.16 Å². The molecule has 5 nitrogen and oxygen atoms in total. The number of nitrogen functional groups attached to an aromatic ring is 1. The van der Waals surface area contributed by atoms with Crippen LogP contribution in [0.1, 0.15) is 10.5 Å². The molecule has 1 aromatic rings. The number of aromatic nitrogens is 2. The largest absolute Gasteiger partial charge is 0.476 e. The first-order chi connectivity index (χ1) is 5.04. The summed E-state index contributed by atoms with van der Waals surface area (Å²) in [6, 6.07) is 0. The second-order valence-corrected chi connectivity index (χ2v) is 2.36. The predicted molar refractivity (Wildman–Crippen MR) is 40.4 cm³/mol. The molecule has 0 aliphatic heterocycles. The van der Waals surface area contributed by atoms with Crippen LogP contribution < -0.4 is 5.73 Å². The first kappa shape index (κ1) is 7.80. The smallest absolute Gasteiger partial charge is 0.358 e. The molecular weight excluding hydrogens is 166 g/mol. The number of carboxylic acid groups (broad SMARTS) is 1. The molecule has 0 spiro atoms. The molecule has 0 saturated heterocycles. The maximum atomic E-state index is 10.4. The van der Waals surface area contributed by atoms with E-state index in [4.69, 9.17) is 10.8 Å². The van der Waals surface area contributed by atoms with Gasteiger partial charge in [0, 0.05) is 7.05 Å². The summed E-state index contributed by atoms with van der Waals surface area (Å²) in [6.45, 7) is 0. The Morgan fingerprint density at radius 2 is 2.36 bits per heavy atom.